The van der Waals surface area contributed by atoms with Crippen LogP contribution >= 0.6 is 0 Å². The van der Waals surface area contributed by atoms with Gasteiger partial charge >= 0.3 is 0 Å². The smallest absolute Gasteiger partial charge is 0.119 e. The van der Waals surface area contributed by atoms with Gasteiger partial charge in [0, 0.05) is 0 Å². The van der Waals surface area contributed by atoms with Crippen LogP contribution in [0.1, 0.15) is 25.8 Å². The Bertz CT molecular complexity index is 589. The van der Waals surface area contributed by atoms with Crippen LogP contribution in [0, 0.1) is 0 Å². The van der Waals surface area contributed by atoms with Crippen molar-refractivity contribution >= 4 is 6.08 Å². The predicted molar refractivity (Wildman–Crippen MR) is 91.5 cm³/mol. The fourth-order valence-electron chi connectivity index (χ4n) is 2.03. The van der Waals surface area contributed by atoms with Crippen molar-refractivity contribution in [2.45, 2.75) is 20.3 Å². The maximum Gasteiger partial charge on any atom is 0.119 e. The molecule has 1 heteroatoms. The number of rotatable bonds is 6. The van der Waals surface area contributed by atoms with Gasteiger partial charge in [-0.2, -0.15) is 0 Å². The summed E-state index contributed by atoms with van der Waals surface area (Å²) in [6, 6.07) is 16.9. The molecule has 0 N–H and O–H groups in total. The van der Waals surface area contributed by atoms with Gasteiger partial charge in [-0.3, -0.25) is 0 Å². The van der Waals surface area contributed by atoms with E-state index >= 15 is 0 Å². The molecule has 0 unspecified atom stereocenters. The molecule has 0 atom stereocenters. The molecule has 0 spiro atoms. The summed E-state index contributed by atoms with van der Waals surface area (Å²) in [6.07, 6.45) is 9.24. The SMILES string of the molecule is CC=CC=Cc1ccc(-c2ccc(OCCC)cc2)cc1. The third kappa shape index (κ3) is 4.64. The summed E-state index contributed by atoms with van der Waals surface area (Å²) in [4.78, 5) is 0. The molecule has 0 saturated carbocycles. The topological polar surface area (TPSA) is 9.23 Å². The van der Waals surface area contributed by atoms with Crippen LogP contribution in [0.3, 0.4) is 0 Å². The van der Waals surface area contributed by atoms with Crippen molar-refractivity contribution in [3.8, 4) is 16.9 Å². The average molecular weight is 278 g/mol. The van der Waals surface area contributed by atoms with Crippen LogP contribution in [0.4, 0.5) is 0 Å². The zero-order valence-electron chi connectivity index (χ0n) is 12.8. The first-order valence-electron chi connectivity index (χ1n) is 7.46. The van der Waals surface area contributed by atoms with Gasteiger partial charge in [-0.1, -0.05) is 67.6 Å². The second-order valence-corrected chi connectivity index (χ2v) is 4.88. The van der Waals surface area contributed by atoms with Crippen LogP contribution in [-0.4, -0.2) is 6.61 Å². The van der Waals surface area contributed by atoms with Crippen molar-refractivity contribution in [1.29, 1.82) is 0 Å². The van der Waals surface area contributed by atoms with Gasteiger partial charge < -0.3 is 4.74 Å². The molecule has 0 fully saturated rings. The Hall–Kier alpha value is -2.28. The van der Waals surface area contributed by atoms with Crippen LogP contribution in [0.25, 0.3) is 17.2 Å². The Kier molecular flexibility index (Phi) is 5.83. The molecule has 0 amide bonds. The number of ether oxygens (including phenoxy) is 1. The van der Waals surface area contributed by atoms with Crippen molar-refractivity contribution in [1.82, 2.24) is 0 Å². The Morgan fingerprint density at radius 2 is 1.48 bits per heavy atom. The third-order valence-corrected chi connectivity index (χ3v) is 3.16. The molecule has 0 aliphatic carbocycles. The highest BCUT2D eigenvalue weighted by molar-refractivity contribution is 5.66. The number of hydrogen-bond donors (Lipinski definition) is 0. The lowest BCUT2D eigenvalue weighted by Gasteiger charge is -2.06. The van der Waals surface area contributed by atoms with E-state index in [1.54, 1.807) is 0 Å². The molecule has 0 aromatic heterocycles. The Morgan fingerprint density at radius 1 is 0.857 bits per heavy atom. The fraction of sp³-hybridized carbons (Fsp3) is 0.200. The fourth-order valence-corrected chi connectivity index (χ4v) is 2.03. The van der Waals surface area contributed by atoms with Crippen molar-refractivity contribution in [2.75, 3.05) is 6.61 Å². The minimum Gasteiger partial charge on any atom is -0.494 e. The van der Waals surface area contributed by atoms with E-state index in [9.17, 15) is 0 Å². The second kappa shape index (κ2) is 8.11. The standard InChI is InChI=1S/C20H22O/c1-3-5-6-7-17-8-10-18(11-9-17)19-12-14-20(15-13-19)21-16-4-2/h3,5-15H,4,16H2,1-2H3. The van der Waals surface area contributed by atoms with E-state index < -0.39 is 0 Å². The molecule has 2 aromatic rings. The summed E-state index contributed by atoms with van der Waals surface area (Å²) >= 11 is 0. The summed E-state index contributed by atoms with van der Waals surface area (Å²) in [6.45, 7) is 4.90. The predicted octanol–water partition coefficient (Wildman–Crippen LogP) is 5.73. The van der Waals surface area contributed by atoms with E-state index in [0.29, 0.717) is 0 Å². The minimum absolute atomic E-state index is 0.770. The van der Waals surface area contributed by atoms with Crippen molar-refractivity contribution in [3.05, 3.63) is 72.3 Å². The van der Waals surface area contributed by atoms with Gasteiger partial charge in [0.1, 0.15) is 5.75 Å². The highest BCUT2D eigenvalue weighted by atomic mass is 16.5. The summed E-state index contributed by atoms with van der Waals surface area (Å²) in [5.41, 5.74) is 3.64. The van der Waals surface area contributed by atoms with E-state index in [-0.39, 0.29) is 0 Å². The molecular formula is C20H22O. The largest absolute Gasteiger partial charge is 0.494 e. The Morgan fingerprint density at radius 3 is 2.05 bits per heavy atom. The third-order valence-electron chi connectivity index (χ3n) is 3.16. The average Bonchev–Trinajstić information content (AvgIpc) is 2.54. The molecule has 0 aliphatic rings. The minimum atomic E-state index is 0.770. The van der Waals surface area contributed by atoms with E-state index in [4.69, 9.17) is 4.74 Å². The Labute approximate surface area is 127 Å². The van der Waals surface area contributed by atoms with Crippen molar-refractivity contribution in [2.24, 2.45) is 0 Å². The molecule has 0 heterocycles. The number of allylic oxidation sites excluding steroid dienone is 3. The van der Waals surface area contributed by atoms with Crippen molar-refractivity contribution in [3.63, 3.8) is 0 Å². The maximum absolute atomic E-state index is 5.60. The monoisotopic (exact) mass is 278 g/mol. The quantitative estimate of drug-likeness (QED) is 0.613. The zero-order valence-corrected chi connectivity index (χ0v) is 12.8. The van der Waals surface area contributed by atoms with Crippen LogP contribution in [0.15, 0.2) is 66.8 Å². The van der Waals surface area contributed by atoms with Crippen LogP contribution in [-0.2, 0) is 0 Å². The summed E-state index contributed by atoms with van der Waals surface area (Å²) < 4.78 is 5.60. The first-order valence-corrected chi connectivity index (χ1v) is 7.46. The van der Waals surface area contributed by atoms with E-state index in [2.05, 4.69) is 55.5 Å². The molecule has 2 aromatic carbocycles. The molecule has 0 saturated heterocycles. The van der Waals surface area contributed by atoms with Crippen molar-refractivity contribution < 1.29 is 4.74 Å². The van der Waals surface area contributed by atoms with E-state index in [1.807, 2.05) is 31.2 Å². The highest BCUT2D eigenvalue weighted by Crippen LogP contribution is 2.23. The number of hydrogen-bond acceptors (Lipinski definition) is 1. The maximum atomic E-state index is 5.60. The molecule has 2 rings (SSSR count). The van der Waals surface area contributed by atoms with Gasteiger partial charge in [0.2, 0.25) is 0 Å². The molecule has 108 valence electrons. The second-order valence-electron chi connectivity index (χ2n) is 4.88. The van der Waals surface area contributed by atoms with Crippen LogP contribution in [0.2, 0.25) is 0 Å². The van der Waals surface area contributed by atoms with Gasteiger partial charge in [-0.15, -0.1) is 0 Å². The van der Waals surface area contributed by atoms with Gasteiger partial charge in [-0.25, -0.2) is 0 Å². The highest BCUT2D eigenvalue weighted by Gasteiger charge is 1.98. The zero-order chi connectivity index (χ0) is 14.9. The summed E-state index contributed by atoms with van der Waals surface area (Å²) in [7, 11) is 0. The molecule has 0 radical (unpaired) electrons. The van der Waals surface area contributed by atoms with E-state index in [1.165, 1.54) is 16.7 Å². The molecule has 0 aliphatic heterocycles. The van der Waals surface area contributed by atoms with Crippen LogP contribution < -0.4 is 4.74 Å². The molecule has 21 heavy (non-hydrogen) atoms. The molecule has 0 bridgehead atoms. The molecular weight excluding hydrogens is 256 g/mol. The normalized spacial score (nSPS) is 11.3. The van der Waals surface area contributed by atoms with Gasteiger partial charge in [0.05, 0.1) is 6.61 Å². The lowest BCUT2D eigenvalue weighted by molar-refractivity contribution is 0.317. The van der Waals surface area contributed by atoms with Gasteiger partial charge in [0.25, 0.3) is 0 Å². The van der Waals surface area contributed by atoms with Gasteiger partial charge in [-0.05, 0) is 42.2 Å². The summed E-state index contributed by atoms with van der Waals surface area (Å²) in [5, 5.41) is 0. The lowest BCUT2D eigenvalue weighted by Crippen LogP contribution is -1.94. The van der Waals surface area contributed by atoms with Crippen LogP contribution in [0.5, 0.6) is 5.75 Å². The van der Waals surface area contributed by atoms with Gasteiger partial charge in [0.15, 0.2) is 0 Å². The first kappa shape index (κ1) is 15.1. The number of benzene rings is 2. The summed E-state index contributed by atoms with van der Waals surface area (Å²) in [5.74, 6) is 0.937. The lowest BCUT2D eigenvalue weighted by atomic mass is 10.0. The molecule has 1 nitrogen and oxygen atoms in total. The van der Waals surface area contributed by atoms with E-state index in [0.717, 1.165) is 18.8 Å². The first-order chi connectivity index (χ1) is 10.3. The Balaban J connectivity index is 2.07.